The van der Waals surface area contributed by atoms with Crippen molar-refractivity contribution in [2.45, 2.75) is 5.41 Å². The minimum Gasteiger partial charge on any atom is -0.0619 e. The molecule has 0 aromatic heterocycles. The molecule has 0 N–H and O–H groups in total. The Labute approximate surface area is 231 Å². The van der Waals surface area contributed by atoms with Crippen molar-refractivity contribution in [1.82, 2.24) is 0 Å². The quantitative estimate of drug-likeness (QED) is 0.202. The third-order valence-corrected chi connectivity index (χ3v) is 8.90. The lowest BCUT2D eigenvalue weighted by Gasteiger charge is -2.30. The summed E-state index contributed by atoms with van der Waals surface area (Å²) in [4.78, 5) is 0. The lowest BCUT2D eigenvalue weighted by molar-refractivity contribution is 0.794. The summed E-state index contributed by atoms with van der Waals surface area (Å²) in [6, 6.07) is 51.5. The molecule has 0 amide bonds. The Morgan fingerprint density at radius 3 is 1.37 bits per heavy atom. The van der Waals surface area contributed by atoms with E-state index in [1.54, 1.807) is 0 Å². The van der Waals surface area contributed by atoms with Crippen molar-refractivity contribution in [1.29, 1.82) is 0 Å². The second kappa shape index (κ2) is 8.15. The molecule has 2 aliphatic rings. The van der Waals surface area contributed by atoms with Crippen molar-refractivity contribution in [3.63, 3.8) is 0 Å². The summed E-state index contributed by atoms with van der Waals surface area (Å²) < 4.78 is 1.10. The van der Waals surface area contributed by atoms with E-state index in [9.17, 15) is 0 Å². The molecule has 0 aliphatic heterocycles. The summed E-state index contributed by atoms with van der Waals surface area (Å²) in [5.41, 5.74) is 15.5. The maximum atomic E-state index is 3.56. The molecule has 0 fully saturated rings. The van der Waals surface area contributed by atoms with Gasteiger partial charge < -0.3 is 0 Å². The molecule has 0 saturated carbocycles. The van der Waals surface area contributed by atoms with Gasteiger partial charge in [-0.05, 0) is 91.0 Å². The van der Waals surface area contributed by atoms with Crippen LogP contribution in [0.1, 0.15) is 22.3 Å². The fourth-order valence-electron chi connectivity index (χ4n) is 6.80. The molecule has 6 aromatic carbocycles. The maximum absolute atomic E-state index is 3.56. The summed E-state index contributed by atoms with van der Waals surface area (Å²) in [7, 11) is 0. The van der Waals surface area contributed by atoms with Crippen molar-refractivity contribution >= 4 is 15.9 Å². The van der Waals surface area contributed by atoms with Crippen molar-refractivity contribution in [2.75, 3.05) is 0 Å². The Balaban J connectivity index is 1.39. The van der Waals surface area contributed by atoms with Crippen LogP contribution >= 0.6 is 15.9 Å². The highest BCUT2D eigenvalue weighted by Crippen LogP contribution is 2.62. The van der Waals surface area contributed by atoms with Gasteiger partial charge >= 0.3 is 0 Å². The molecule has 0 radical (unpaired) electrons. The van der Waals surface area contributed by atoms with Crippen LogP contribution in [-0.4, -0.2) is 0 Å². The predicted octanol–water partition coefficient (Wildman–Crippen LogP) is 10.1. The highest BCUT2D eigenvalue weighted by Gasteiger charge is 2.51. The zero-order chi connectivity index (χ0) is 25.3. The first-order valence-corrected chi connectivity index (χ1v) is 13.8. The van der Waals surface area contributed by atoms with E-state index < -0.39 is 0 Å². The first-order valence-electron chi connectivity index (χ1n) is 13.1. The van der Waals surface area contributed by atoms with Gasteiger partial charge in [0.15, 0.2) is 0 Å². The molecule has 178 valence electrons. The second-order valence-corrected chi connectivity index (χ2v) is 11.2. The molecule has 0 unspecified atom stereocenters. The van der Waals surface area contributed by atoms with Crippen molar-refractivity contribution in [2.24, 2.45) is 0 Å². The van der Waals surface area contributed by atoms with Gasteiger partial charge in [-0.1, -0.05) is 131 Å². The largest absolute Gasteiger partial charge is 0.0725 e. The lowest BCUT2D eigenvalue weighted by atomic mass is 9.70. The summed E-state index contributed by atoms with van der Waals surface area (Å²) in [5.74, 6) is 0. The Bertz CT molecular complexity index is 1810. The molecule has 6 aromatic rings. The van der Waals surface area contributed by atoms with E-state index in [1.807, 2.05) is 0 Å². The van der Waals surface area contributed by atoms with Crippen LogP contribution in [0, 0.1) is 0 Å². The van der Waals surface area contributed by atoms with Crippen LogP contribution in [0.2, 0.25) is 0 Å². The number of rotatable bonds is 2. The summed E-state index contributed by atoms with van der Waals surface area (Å²) in [6.45, 7) is 0. The van der Waals surface area contributed by atoms with Crippen LogP contribution in [0.3, 0.4) is 0 Å². The SMILES string of the molecule is Brc1ccc(-c2cccc(-c3ccc4c(c3)C3(c5ccccc5-c5ccccc53)c3ccccc3-4)c2)cc1. The number of halogens is 1. The summed E-state index contributed by atoms with van der Waals surface area (Å²) in [6.07, 6.45) is 0. The van der Waals surface area contributed by atoms with E-state index in [2.05, 4.69) is 155 Å². The molecule has 0 bridgehead atoms. The highest BCUT2D eigenvalue weighted by atomic mass is 79.9. The van der Waals surface area contributed by atoms with E-state index in [0.29, 0.717) is 0 Å². The zero-order valence-electron chi connectivity index (χ0n) is 20.7. The Hall–Kier alpha value is -4.20. The highest BCUT2D eigenvalue weighted by molar-refractivity contribution is 9.10. The second-order valence-electron chi connectivity index (χ2n) is 10.2. The van der Waals surface area contributed by atoms with Crippen LogP contribution in [0.4, 0.5) is 0 Å². The van der Waals surface area contributed by atoms with Gasteiger partial charge in [0.05, 0.1) is 5.41 Å². The standard InChI is InChI=1S/C37H23Br/c38-28-19-16-24(17-20-28)25-8-7-9-26(22-25)27-18-21-32-31-12-3-6-15-35(31)37(36(32)23-27)33-13-4-1-10-29(33)30-11-2-5-14-34(30)37/h1-23H. The van der Waals surface area contributed by atoms with Crippen molar-refractivity contribution in [3.8, 4) is 44.5 Å². The average Bonchev–Trinajstić information content (AvgIpc) is 3.45. The molecule has 0 atom stereocenters. The van der Waals surface area contributed by atoms with Crippen LogP contribution in [0.15, 0.2) is 144 Å². The fourth-order valence-corrected chi connectivity index (χ4v) is 7.06. The van der Waals surface area contributed by atoms with Gasteiger partial charge in [0, 0.05) is 4.47 Å². The Morgan fingerprint density at radius 2 is 0.789 bits per heavy atom. The molecule has 1 heteroatoms. The average molecular weight is 547 g/mol. The van der Waals surface area contributed by atoms with Crippen LogP contribution in [-0.2, 0) is 5.41 Å². The van der Waals surface area contributed by atoms with E-state index in [4.69, 9.17) is 0 Å². The lowest BCUT2D eigenvalue weighted by Crippen LogP contribution is -2.25. The molecule has 0 nitrogen and oxygen atoms in total. The molecule has 8 rings (SSSR count). The minimum absolute atomic E-state index is 0.307. The smallest absolute Gasteiger partial charge is 0.0619 e. The van der Waals surface area contributed by atoms with E-state index in [0.717, 1.165) is 4.47 Å². The van der Waals surface area contributed by atoms with Gasteiger partial charge in [-0.3, -0.25) is 0 Å². The normalized spacial score (nSPS) is 13.6. The van der Waals surface area contributed by atoms with Gasteiger partial charge in [-0.15, -0.1) is 0 Å². The molecular formula is C37H23Br. The van der Waals surface area contributed by atoms with Gasteiger partial charge in [-0.2, -0.15) is 0 Å². The van der Waals surface area contributed by atoms with Gasteiger partial charge in [-0.25, -0.2) is 0 Å². The zero-order valence-corrected chi connectivity index (χ0v) is 22.2. The first-order chi connectivity index (χ1) is 18.7. The molecule has 0 saturated heterocycles. The third-order valence-electron chi connectivity index (χ3n) is 8.37. The monoisotopic (exact) mass is 546 g/mol. The number of fused-ring (bicyclic) bond motifs is 10. The Morgan fingerprint density at radius 1 is 0.342 bits per heavy atom. The molecule has 2 aliphatic carbocycles. The minimum atomic E-state index is -0.307. The van der Waals surface area contributed by atoms with E-state index in [1.165, 1.54) is 66.8 Å². The number of benzene rings is 6. The van der Waals surface area contributed by atoms with Crippen molar-refractivity contribution < 1.29 is 0 Å². The summed E-state index contributed by atoms with van der Waals surface area (Å²) in [5, 5.41) is 0. The predicted molar refractivity (Wildman–Crippen MR) is 161 cm³/mol. The van der Waals surface area contributed by atoms with Gasteiger partial charge in [0.25, 0.3) is 0 Å². The molecule has 38 heavy (non-hydrogen) atoms. The molecule has 1 spiro atoms. The Kier molecular flexibility index (Phi) is 4.68. The number of hydrogen-bond acceptors (Lipinski definition) is 0. The van der Waals surface area contributed by atoms with E-state index >= 15 is 0 Å². The molecular weight excluding hydrogens is 524 g/mol. The van der Waals surface area contributed by atoms with Gasteiger partial charge in [0.1, 0.15) is 0 Å². The summed E-state index contributed by atoms with van der Waals surface area (Å²) >= 11 is 3.56. The number of hydrogen-bond donors (Lipinski definition) is 0. The van der Waals surface area contributed by atoms with Gasteiger partial charge in [0.2, 0.25) is 0 Å². The van der Waals surface area contributed by atoms with Crippen molar-refractivity contribution in [3.05, 3.63) is 166 Å². The molecule has 0 heterocycles. The van der Waals surface area contributed by atoms with E-state index in [-0.39, 0.29) is 5.41 Å². The maximum Gasteiger partial charge on any atom is 0.0725 e. The topological polar surface area (TPSA) is 0 Å². The van der Waals surface area contributed by atoms with Crippen LogP contribution in [0.25, 0.3) is 44.5 Å². The fraction of sp³-hybridized carbons (Fsp3) is 0.0270. The first kappa shape index (κ1) is 21.8. The van der Waals surface area contributed by atoms with Crippen LogP contribution < -0.4 is 0 Å². The van der Waals surface area contributed by atoms with Crippen LogP contribution in [0.5, 0.6) is 0 Å². The third kappa shape index (κ3) is 2.91.